The SMILES string of the molecule is Cc1onc(-c2c(Cl)cccc2Cl)c1C(=O)OCc1cc(Cl)nc(Cl)c1. The van der Waals surface area contributed by atoms with Crippen LogP contribution in [-0.2, 0) is 11.3 Å². The van der Waals surface area contributed by atoms with Gasteiger partial charge in [0.05, 0.1) is 10.0 Å². The van der Waals surface area contributed by atoms with Crippen molar-refractivity contribution in [2.24, 2.45) is 0 Å². The number of carbonyl (C=O) groups excluding carboxylic acids is 1. The Hall–Kier alpha value is -1.79. The van der Waals surface area contributed by atoms with Crippen LogP contribution in [0.2, 0.25) is 20.4 Å². The lowest BCUT2D eigenvalue weighted by atomic mass is 10.1. The van der Waals surface area contributed by atoms with Crippen LogP contribution in [-0.4, -0.2) is 16.1 Å². The molecule has 2 aromatic heterocycles. The highest BCUT2D eigenvalue weighted by atomic mass is 35.5. The molecule has 0 spiro atoms. The quantitative estimate of drug-likeness (QED) is 0.373. The van der Waals surface area contributed by atoms with Crippen LogP contribution in [0.15, 0.2) is 34.9 Å². The second kappa shape index (κ2) is 7.84. The highest BCUT2D eigenvalue weighted by Crippen LogP contribution is 2.37. The van der Waals surface area contributed by atoms with Crippen molar-refractivity contribution >= 4 is 52.4 Å². The number of aryl methyl sites for hydroxylation is 1. The molecule has 2 heterocycles. The fourth-order valence-corrected chi connectivity index (χ4v) is 3.41. The normalized spacial score (nSPS) is 10.8. The van der Waals surface area contributed by atoms with E-state index < -0.39 is 5.97 Å². The zero-order chi connectivity index (χ0) is 18.8. The van der Waals surface area contributed by atoms with Crippen molar-refractivity contribution in [2.45, 2.75) is 13.5 Å². The monoisotopic (exact) mass is 430 g/mol. The first-order valence-electron chi connectivity index (χ1n) is 7.26. The summed E-state index contributed by atoms with van der Waals surface area (Å²) in [5, 5.41) is 5.00. The number of halogens is 4. The number of nitrogens with zero attached hydrogens (tertiary/aromatic N) is 2. The molecule has 0 fully saturated rings. The molecule has 0 saturated carbocycles. The molecule has 0 saturated heterocycles. The van der Waals surface area contributed by atoms with Crippen LogP contribution in [0.4, 0.5) is 0 Å². The van der Waals surface area contributed by atoms with Crippen LogP contribution in [0.25, 0.3) is 11.3 Å². The van der Waals surface area contributed by atoms with Crippen LogP contribution in [0.5, 0.6) is 0 Å². The van der Waals surface area contributed by atoms with Crippen molar-refractivity contribution < 1.29 is 14.1 Å². The van der Waals surface area contributed by atoms with Gasteiger partial charge in [-0.25, -0.2) is 9.78 Å². The molecule has 0 atom stereocenters. The maximum absolute atomic E-state index is 12.6. The van der Waals surface area contributed by atoms with E-state index in [9.17, 15) is 4.79 Å². The van der Waals surface area contributed by atoms with E-state index >= 15 is 0 Å². The molecule has 0 radical (unpaired) electrons. The number of aromatic nitrogens is 2. The summed E-state index contributed by atoms with van der Waals surface area (Å²) in [6, 6.07) is 8.07. The summed E-state index contributed by atoms with van der Waals surface area (Å²) >= 11 is 24.1. The first-order valence-corrected chi connectivity index (χ1v) is 8.77. The number of esters is 1. The van der Waals surface area contributed by atoms with Crippen LogP contribution < -0.4 is 0 Å². The van der Waals surface area contributed by atoms with E-state index in [1.165, 1.54) is 0 Å². The third kappa shape index (κ3) is 3.96. The lowest BCUT2D eigenvalue weighted by Gasteiger charge is -2.08. The minimum Gasteiger partial charge on any atom is -0.457 e. The van der Waals surface area contributed by atoms with E-state index in [1.54, 1.807) is 37.3 Å². The predicted molar refractivity (Wildman–Crippen MR) is 100 cm³/mol. The third-order valence-electron chi connectivity index (χ3n) is 3.46. The van der Waals surface area contributed by atoms with Crippen molar-refractivity contribution in [1.82, 2.24) is 10.1 Å². The summed E-state index contributed by atoms with van der Waals surface area (Å²) < 4.78 is 10.5. The summed E-state index contributed by atoms with van der Waals surface area (Å²) in [6.07, 6.45) is 0. The Labute approximate surface area is 168 Å². The van der Waals surface area contributed by atoms with Gasteiger partial charge in [-0.15, -0.1) is 0 Å². The summed E-state index contributed by atoms with van der Waals surface area (Å²) in [7, 11) is 0. The number of ether oxygens (including phenoxy) is 1. The average Bonchev–Trinajstić information content (AvgIpc) is 2.93. The molecule has 3 rings (SSSR count). The Morgan fingerprint density at radius 2 is 1.73 bits per heavy atom. The molecule has 26 heavy (non-hydrogen) atoms. The van der Waals surface area contributed by atoms with Crippen molar-refractivity contribution in [3.63, 3.8) is 0 Å². The van der Waals surface area contributed by atoms with Gasteiger partial charge in [-0.05, 0) is 36.8 Å². The number of rotatable bonds is 4. The van der Waals surface area contributed by atoms with Gasteiger partial charge in [-0.1, -0.05) is 57.6 Å². The zero-order valence-electron chi connectivity index (χ0n) is 13.2. The molecule has 0 amide bonds. The Morgan fingerprint density at radius 1 is 1.12 bits per heavy atom. The highest BCUT2D eigenvalue weighted by molar-refractivity contribution is 6.39. The molecule has 0 aliphatic rings. The first kappa shape index (κ1) is 19.0. The molecular weight excluding hydrogens is 422 g/mol. The molecule has 0 unspecified atom stereocenters. The van der Waals surface area contributed by atoms with Crippen LogP contribution >= 0.6 is 46.4 Å². The second-order valence-corrected chi connectivity index (χ2v) is 6.84. The molecule has 1 aromatic carbocycles. The van der Waals surface area contributed by atoms with Gasteiger partial charge in [-0.3, -0.25) is 0 Å². The van der Waals surface area contributed by atoms with Gasteiger partial charge in [0.1, 0.15) is 33.9 Å². The fourth-order valence-electron chi connectivity index (χ4n) is 2.33. The van der Waals surface area contributed by atoms with E-state index in [0.717, 1.165) is 0 Å². The van der Waals surface area contributed by atoms with E-state index in [1.807, 2.05) is 0 Å². The number of hydrogen-bond acceptors (Lipinski definition) is 5. The van der Waals surface area contributed by atoms with E-state index in [-0.39, 0.29) is 33.9 Å². The van der Waals surface area contributed by atoms with Crippen LogP contribution in [0.3, 0.4) is 0 Å². The minimum atomic E-state index is -0.640. The lowest BCUT2D eigenvalue weighted by Crippen LogP contribution is -2.07. The van der Waals surface area contributed by atoms with Gasteiger partial charge < -0.3 is 9.26 Å². The Morgan fingerprint density at radius 3 is 2.35 bits per heavy atom. The van der Waals surface area contributed by atoms with Gasteiger partial charge in [0.25, 0.3) is 0 Å². The maximum atomic E-state index is 12.6. The highest BCUT2D eigenvalue weighted by Gasteiger charge is 2.26. The molecule has 3 aromatic rings. The van der Waals surface area contributed by atoms with E-state index in [2.05, 4.69) is 10.1 Å². The molecule has 0 aliphatic carbocycles. The van der Waals surface area contributed by atoms with Crippen LogP contribution in [0, 0.1) is 6.92 Å². The smallest absolute Gasteiger partial charge is 0.344 e. The standard InChI is InChI=1S/C17H10Cl4N2O3/c1-8-14(16(23-26-8)15-10(18)3-2-4-11(15)19)17(24)25-7-9-5-12(20)22-13(21)6-9/h2-6H,7H2,1H3. The van der Waals surface area contributed by atoms with Crippen LogP contribution in [0.1, 0.15) is 21.7 Å². The maximum Gasteiger partial charge on any atom is 0.344 e. The summed E-state index contributed by atoms with van der Waals surface area (Å²) in [6.45, 7) is 1.54. The van der Waals surface area contributed by atoms with Crippen molar-refractivity contribution in [2.75, 3.05) is 0 Å². The average molecular weight is 432 g/mol. The predicted octanol–water partition coefficient (Wildman–Crippen LogP) is 6.02. The lowest BCUT2D eigenvalue weighted by molar-refractivity contribution is 0.0471. The summed E-state index contributed by atoms with van der Waals surface area (Å²) in [5.41, 5.74) is 1.35. The van der Waals surface area contributed by atoms with E-state index in [0.29, 0.717) is 21.2 Å². The Balaban J connectivity index is 1.90. The third-order valence-corrected chi connectivity index (χ3v) is 4.48. The fraction of sp³-hybridized carbons (Fsp3) is 0.118. The largest absolute Gasteiger partial charge is 0.457 e. The van der Waals surface area contributed by atoms with Crippen molar-refractivity contribution in [3.8, 4) is 11.3 Å². The molecule has 0 N–H and O–H groups in total. The number of carbonyl (C=O) groups is 1. The van der Waals surface area contributed by atoms with E-state index in [4.69, 9.17) is 55.7 Å². The molecule has 0 aliphatic heterocycles. The van der Waals surface area contributed by atoms with Gasteiger partial charge in [0.15, 0.2) is 0 Å². The molecule has 9 heteroatoms. The number of hydrogen-bond donors (Lipinski definition) is 0. The van der Waals surface area contributed by atoms with Gasteiger partial charge >= 0.3 is 5.97 Å². The second-order valence-electron chi connectivity index (χ2n) is 5.26. The minimum absolute atomic E-state index is 0.0545. The van der Waals surface area contributed by atoms with Gasteiger partial charge in [-0.2, -0.15) is 0 Å². The summed E-state index contributed by atoms with van der Waals surface area (Å²) in [5.74, 6) is -0.356. The van der Waals surface area contributed by atoms with Crippen molar-refractivity contribution in [1.29, 1.82) is 0 Å². The zero-order valence-corrected chi connectivity index (χ0v) is 16.2. The topological polar surface area (TPSA) is 65.2 Å². The van der Waals surface area contributed by atoms with Crippen molar-refractivity contribution in [3.05, 3.63) is 67.6 Å². The number of benzene rings is 1. The molecule has 5 nitrogen and oxygen atoms in total. The molecular formula is C17H10Cl4N2O3. The summed E-state index contributed by atoms with van der Waals surface area (Å²) in [4.78, 5) is 16.4. The Bertz CT molecular complexity index is 948. The van der Waals surface area contributed by atoms with Gasteiger partial charge in [0, 0.05) is 5.56 Å². The molecule has 0 bridgehead atoms. The number of pyridine rings is 1. The Kier molecular flexibility index (Phi) is 5.73. The molecule has 134 valence electrons. The first-order chi connectivity index (χ1) is 12.4. The van der Waals surface area contributed by atoms with Gasteiger partial charge in [0.2, 0.25) is 0 Å².